The van der Waals surface area contributed by atoms with Crippen molar-refractivity contribution in [1.82, 2.24) is 5.32 Å². The maximum absolute atomic E-state index is 12.9. The molecule has 0 saturated heterocycles. The van der Waals surface area contributed by atoms with E-state index in [0.29, 0.717) is 17.1 Å². The van der Waals surface area contributed by atoms with E-state index in [2.05, 4.69) is 5.32 Å². The lowest BCUT2D eigenvalue weighted by Gasteiger charge is -2.30. The Morgan fingerprint density at radius 2 is 1.83 bits per heavy atom. The van der Waals surface area contributed by atoms with Crippen molar-refractivity contribution in [2.75, 3.05) is 17.7 Å². The van der Waals surface area contributed by atoms with Crippen molar-refractivity contribution in [3.8, 4) is 5.75 Å². The number of aryl methyl sites for hydroxylation is 1. The average Bonchev–Trinajstić information content (AvgIpc) is 2.67. The number of rotatable bonds is 8. The third-order valence-corrected chi connectivity index (χ3v) is 6.39. The monoisotopic (exact) mass is 438 g/mol. The summed E-state index contributed by atoms with van der Waals surface area (Å²) in [6.45, 7) is 5.34. The fraction of sp³-hybridized carbons (Fsp3) is 0.381. The summed E-state index contributed by atoms with van der Waals surface area (Å²) in [6, 6.07) is 11.1. The third-order valence-electron chi connectivity index (χ3n) is 4.74. The van der Waals surface area contributed by atoms with Crippen molar-refractivity contribution >= 4 is 33.2 Å². The number of halogens is 1. The molecule has 8 heteroatoms. The Balaban J connectivity index is 2.28. The van der Waals surface area contributed by atoms with Gasteiger partial charge in [0.25, 0.3) is 0 Å². The summed E-state index contributed by atoms with van der Waals surface area (Å²) in [6.07, 6.45) is 1.73. The van der Waals surface area contributed by atoms with Crippen LogP contribution in [0.4, 0.5) is 5.69 Å². The Morgan fingerprint density at radius 1 is 1.21 bits per heavy atom. The molecule has 1 N–H and O–H groups in total. The second-order valence-corrected chi connectivity index (χ2v) is 9.18. The van der Waals surface area contributed by atoms with E-state index in [9.17, 15) is 13.2 Å². The normalized spacial score (nSPS) is 13.4. The highest BCUT2D eigenvalue weighted by Crippen LogP contribution is 2.27. The molecule has 0 bridgehead atoms. The Labute approximate surface area is 177 Å². The topological polar surface area (TPSA) is 75.7 Å². The number of ether oxygens (including phenoxy) is 1. The molecule has 2 atom stereocenters. The van der Waals surface area contributed by atoms with E-state index < -0.39 is 22.0 Å². The number of benzene rings is 2. The van der Waals surface area contributed by atoms with E-state index in [1.807, 2.05) is 38.1 Å². The molecule has 2 rings (SSSR count). The first-order chi connectivity index (χ1) is 13.6. The molecule has 0 aliphatic heterocycles. The maximum Gasteiger partial charge on any atom is 0.244 e. The van der Waals surface area contributed by atoms with Crippen LogP contribution in [-0.2, 0) is 14.8 Å². The largest absolute Gasteiger partial charge is 0.497 e. The summed E-state index contributed by atoms with van der Waals surface area (Å²) in [5.74, 6) is 0.331. The summed E-state index contributed by atoms with van der Waals surface area (Å²) < 4.78 is 31.2. The zero-order chi connectivity index (χ0) is 21.8. The van der Waals surface area contributed by atoms with Crippen LogP contribution in [0.25, 0.3) is 0 Å². The molecule has 1 amide bonds. The molecule has 0 heterocycles. The van der Waals surface area contributed by atoms with Crippen LogP contribution in [0.15, 0.2) is 42.5 Å². The van der Waals surface area contributed by atoms with Gasteiger partial charge in [-0.2, -0.15) is 0 Å². The molecule has 2 aromatic rings. The number of amides is 1. The number of sulfonamides is 1. The van der Waals surface area contributed by atoms with Gasteiger partial charge < -0.3 is 10.1 Å². The highest BCUT2D eigenvalue weighted by Gasteiger charge is 2.30. The van der Waals surface area contributed by atoms with Crippen molar-refractivity contribution in [2.45, 2.75) is 39.3 Å². The highest BCUT2D eigenvalue weighted by atomic mass is 35.5. The first-order valence-electron chi connectivity index (χ1n) is 9.28. The molecule has 0 spiro atoms. The Kier molecular flexibility index (Phi) is 7.54. The summed E-state index contributed by atoms with van der Waals surface area (Å²) in [5.41, 5.74) is 2.09. The van der Waals surface area contributed by atoms with E-state index >= 15 is 0 Å². The fourth-order valence-electron chi connectivity index (χ4n) is 3.08. The van der Waals surface area contributed by atoms with Gasteiger partial charge in [-0.15, -0.1) is 0 Å². The number of hydrogen-bond donors (Lipinski definition) is 1. The van der Waals surface area contributed by atoms with Gasteiger partial charge in [0.1, 0.15) is 11.8 Å². The van der Waals surface area contributed by atoms with Gasteiger partial charge in [-0.25, -0.2) is 8.42 Å². The van der Waals surface area contributed by atoms with Crippen LogP contribution in [0.3, 0.4) is 0 Å². The number of nitrogens with zero attached hydrogens (tertiary/aromatic N) is 1. The lowest BCUT2D eigenvalue weighted by atomic mass is 10.0. The summed E-state index contributed by atoms with van der Waals surface area (Å²) >= 11 is 6.17. The van der Waals surface area contributed by atoms with Gasteiger partial charge in [0.05, 0.1) is 25.1 Å². The minimum Gasteiger partial charge on any atom is -0.497 e. The smallest absolute Gasteiger partial charge is 0.244 e. The van der Waals surface area contributed by atoms with Crippen molar-refractivity contribution in [1.29, 1.82) is 0 Å². The first kappa shape index (κ1) is 23.0. The molecule has 6 nitrogen and oxygen atoms in total. The Bertz CT molecular complexity index is 961. The molecule has 158 valence electrons. The van der Waals surface area contributed by atoms with E-state index in [-0.39, 0.29) is 6.04 Å². The van der Waals surface area contributed by atoms with E-state index in [1.165, 1.54) is 0 Å². The molecule has 2 unspecified atom stereocenters. The van der Waals surface area contributed by atoms with Crippen LogP contribution >= 0.6 is 11.6 Å². The van der Waals surface area contributed by atoms with Crippen LogP contribution in [0.2, 0.25) is 5.02 Å². The van der Waals surface area contributed by atoms with Gasteiger partial charge >= 0.3 is 0 Å². The quantitative estimate of drug-likeness (QED) is 0.673. The molecule has 0 aromatic heterocycles. The number of carbonyl (C=O) groups excluding carboxylic acids is 1. The minimum atomic E-state index is -3.71. The van der Waals surface area contributed by atoms with Crippen LogP contribution in [0.1, 0.15) is 37.4 Å². The maximum atomic E-state index is 12.9. The number of hydrogen-bond acceptors (Lipinski definition) is 4. The highest BCUT2D eigenvalue weighted by molar-refractivity contribution is 7.92. The van der Waals surface area contributed by atoms with E-state index in [4.69, 9.17) is 16.3 Å². The molecule has 0 fully saturated rings. The molecule has 0 radical (unpaired) electrons. The van der Waals surface area contributed by atoms with Gasteiger partial charge in [-0.3, -0.25) is 9.10 Å². The predicted molar refractivity (Wildman–Crippen MR) is 117 cm³/mol. The lowest BCUT2D eigenvalue weighted by molar-refractivity contribution is -0.122. The first-order valence-corrected chi connectivity index (χ1v) is 11.5. The van der Waals surface area contributed by atoms with Crippen molar-refractivity contribution in [3.05, 3.63) is 58.6 Å². The second-order valence-electron chi connectivity index (χ2n) is 6.91. The van der Waals surface area contributed by atoms with Crippen molar-refractivity contribution in [3.63, 3.8) is 0 Å². The van der Waals surface area contributed by atoms with Crippen LogP contribution in [-0.4, -0.2) is 33.7 Å². The van der Waals surface area contributed by atoms with Gasteiger partial charge in [-0.1, -0.05) is 36.7 Å². The number of anilines is 1. The summed E-state index contributed by atoms with van der Waals surface area (Å²) in [7, 11) is -2.12. The number of methoxy groups -OCH3 is 1. The van der Waals surface area contributed by atoms with Gasteiger partial charge in [-0.05, 0) is 55.7 Å². The fourth-order valence-corrected chi connectivity index (χ4v) is 4.42. The second kappa shape index (κ2) is 9.50. The number of nitrogens with one attached hydrogen (secondary N) is 1. The van der Waals surface area contributed by atoms with Gasteiger partial charge in [0.2, 0.25) is 15.9 Å². The van der Waals surface area contributed by atoms with Crippen LogP contribution in [0.5, 0.6) is 5.75 Å². The predicted octanol–water partition coefficient (Wildman–Crippen LogP) is 4.08. The molecule has 2 aromatic carbocycles. The summed E-state index contributed by atoms with van der Waals surface area (Å²) in [4.78, 5) is 12.9. The molecular formula is C21H27ClN2O4S. The number of carbonyl (C=O) groups is 1. The Hall–Kier alpha value is -2.25. The molecule has 0 saturated carbocycles. The standard InChI is InChI=1S/C21H27ClN2O4S/c1-6-20(16-8-11-18(28-4)12-9-16)23-21(25)15(3)24(29(5,26)27)17-10-7-14(2)19(22)13-17/h7-13,15,20H,6H2,1-5H3,(H,23,25). The Morgan fingerprint density at radius 3 is 2.31 bits per heavy atom. The molecule has 0 aliphatic carbocycles. The third kappa shape index (κ3) is 5.64. The molecule has 29 heavy (non-hydrogen) atoms. The molecule has 0 aliphatic rings. The van der Waals surface area contributed by atoms with Crippen LogP contribution in [0, 0.1) is 6.92 Å². The zero-order valence-corrected chi connectivity index (χ0v) is 18.8. The minimum absolute atomic E-state index is 0.251. The van der Waals surface area contributed by atoms with E-state index in [1.54, 1.807) is 32.2 Å². The van der Waals surface area contributed by atoms with Crippen molar-refractivity contribution < 1.29 is 17.9 Å². The lowest BCUT2D eigenvalue weighted by Crippen LogP contribution is -2.48. The zero-order valence-electron chi connectivity index (χ0n) is 17.3. The summed E-state index contributed by atoms with van der Waals surface area (Å²) in [5, 5.41) is 3.39. The SMILES string of the molecule is CCC(NC(=O)C(C)N(c1ccc(C)c(Cl)c1)S(C)(=O)=O)c1ccc(OC)cc1. The van der Waals surface area contributed by atoms with Crippen molar-refractivity contribution in [2.24, 2.45) is 0 Å². The van der Waals surface area contributed by atoms with Crippen LogP contribution < -0.4 is 14.4 Å². The van der Waals surface area contributed by atoms with Gasteiger partial charge in [0.15, 0.2) is 0 Å². The van der Waals surface area contributed by atoms with E-state index in [0.717, 1.165) is 27.4 Å². The average molecular weight is 439 g/mol. The molecular weight excluding hydrogens is 412 g/mol. The van der Waals surface area contributed by atoms with Gasteiger partial charge in [0, 0.05) is 5.02 Å².